The maximum Gasteiger partial charge on any atom is 0.159 e. The van der Waals surface area contributed by atoms with Crippen LogP contribution in [0.15, 0.2) is 12.2 Å². The molecule has 1 nitrogen and oxygen atoms in total. The number of fused-ring (bicyclic) bond motifs is 1. The zero-order valence-electron chi connectivity index (χ0n) is 4.63. The Morgan fingerprint density at radius 3 is 2.62 bits per heavy atom. The molecule has 42 valence electrons. The largest absolute Gasteiger partial charge is 0.295 e. The Kier molecular flexibility index (Phi) is 0.655. The molecule has 0 aromatic rings. The van der Waals surface area contributed by atoms with Crippen LogP contribution in [0.4, 0.5) is 0 Å². The first kappa shape index (κ1) is 4.30. The maximum atomic E-state index is 10.7. The molecule has 1 saturated carbocycles. The first-order valence-corrected chi connectivity index (χ1v) is 3.10. The molecule has 2 rings (SSSR count). The summed E-state index contributed by atoms with van der Waals surface area (Å²) in [6, 6.07) is 0. The lowest BCUT2D eigenvalue weighted by Crippen LogP contribution is -2.25. The molecule has 0 heterocycles. The van der Waals surface area contributed by atoms with E-state index in [4.69, 9.17) is 0 Å². The van der Waals surface area contributed by atoms with Crippen molar-refractivity contribution in [1.82, 2.24) is 0 Å². The van der Waals surface area contributed by atoms with Crippen LogP contribution in [-0.4, -0.2) is 5.78 Å². The van der Waals surface area contributed by atoms with Gasteiger partial charge in [0.15, 0.2) is 5.78 Å². The average Bonchev–Trinajstić information content (AvgIpc) is 1.80. The highest BCUT2D eigenvalue weighted by Crippen LogP contribution is 2.39. The van der Waals surface area contributed by atoms with Crippen LogP contribution in [0.1, 0.15) is 12.8 Å². The second kappa shape index (κ2) is 1.22. The molecule has 0 spiro atoms. The summed E-state index contributed by atoms with van der Waals surface area (Å²) in [6.07, 6.45) is 6.17. The van der Waals surface area contributed by atoms with Gasteiger partial charge in [-0.05, 0) is 24.8 Å². The third-order valence-electron chi connectivity index (χ3n) is 2.20. The van der Waals surface area contributed by atoms with Crippen LogP contribution in [0.5, 0.6) is 0 Å². The second-order valence-corrected chi connectivity index (χ2v) is 2.61. The first-order valence-electron chi connectivity index (χ1n) is 3.10. The molecular weight excluding hydrogens is 100 g/mol. The molecule has 0 bridgehead atoms. The molecule has 0 saturated heterocycles. The first-order chi connectivity index (χ1) is 3.88. The fourth-order valence-electron chi connectivity index (χ4n) is 1.45. The van der Waals surface area contributed by atoms with Gasteiger partial charge in [0.1, 0.15) is 0 Å². The molecular formula is C7H8O. The van der Waals surface area contributed by atoms with Crippen LogP contribution in [0.25, 0.3) is 0 Å². The van der Waals surface area contributed by atoms with Gasteiger partial charge in [0.05, 0.1) is 0 Å². The second-order valence-electron chi connectivity index (χ2n) is 2.61. The van der Waals surface area contributed by atoms with Crippen molar-refractivity contribution in [3.05, 3.63) is 12.2 Å². The number of hydrogen-bond donors (Lipinski definition) is 0. The molecule has 0 aromatic carbocycles. The summed E-state index contributed by atoms with van der Waals surface area (Å²) in [5, 5.41) is 0. The quantitative estimate of drug-likeness (QED) is 0.455. The van der Waals surface area contributed by atoms with E-state index in [9.17, 15) is 4.79 Å². The monoisotopic (exact) mass is 108 g/mol. The fraction of sp³-hybridized carbons (Fsp3) is 0.571. The lowest BCUT2D eigenvalue weighted by Gasteiger charge is -2.27. The molecule has 0 unspecified atom stereocenters. The zero-order valence-corrected chi connectivity index (χ0v) is 4.63. The van der Waals surface area contributed by atoms with Crippen molar-refractivity contribution in [3.8, 4) is 0 Å². The van der Waals surface area contributed by atoms with Gasteiger partial charge in [-0.3, -0.25) is 4.79 Å². The fourth-order valence-corrected chi connectivity index (χ4v) is 1.45. The molecule has 1 fully saturated rings. The maximum absolute atomic E-state index is 10.7. The van der Waals surface area contributed by atoms with Crippen LogP contribution < -0.4 is 0 Å². The van der Waals surface area contributed by atoms with Crippen LogP contribution >= 0.6 is 0 Å². The third kappa shape index (κ3) is 0.347. The van der Waals surface area contributed by atoms with E-state index in [0.717, 1.165) is 6.42 Å². The lowest BCUT2D eigenvalue weighted by molar-refractivity contribution is -0.120. The minimum Gasteiger partial charge on any atom is -0.295 e. The van der Waals surface area contributed by atoms with Gasteiger partial charge in [-0.25, -0.2) is 0 Å². The van der Waals surface area contributed by atoms with E-state index in [1.165, 1.54) is 6.42 Å². The van der Waals surface area contributed by atoms with Crippen LogP contribution in [-0.2, 0) is 4.79 Å². The van der Waals surface area contributed by atoms with E-state index in [1.807, 2.05) is 0 Å². The Morgan fingerprint density at radius 1 is 1.50 bits per heavy atom. The summed E-state index contributed by atoms with van der Waals surface area (Å²) >= 11 is 0. The summed E-state index contributed by atoms with van der Waals surface area (Å²) < 4.78 is 0. The summed E-state index contributed by atoms with van der Waals surface area (Å²) in [7, 11) is 0. The minimum absolute atomic E-state index is 0.362. The summed E-state index contributed by atoms with van der Waals surface area (Å²) in [4.78, 5) is 10.7. The number of allylic oxidation sites excluding steroid dienone is 2. The molecule has 0 N–H and O–H groups in total. The van der Waals surface area contributed by atoms with E-state index >= 15 is 0 Å². The normalized spacial score (nSPS) is 41.8. The molecule has 8 heavy (non-hydrogen) atoms. The van der Waals surface area contributed by atoms with Crippen LogP contribution in [0.3, 0.4) is 0 Å². The van der Waals surface area contributed by atoms with Gasteiger partial charge in [0.2, 0.25) is 0 Å². The molecule has 2 aliphatic rings. The van der Waals surface area contributed by atoms with E-state index in [1.54, 1.807) is 6.08 Å². The van der Waals surface area contributed by atoms with Gasteiger partial charge in [-0.15, -0.1) is 0 Å². The Labute approximate surface area is 48.4 Å². The zero-order chi connectivity index (χ0) is 5.56. The highest BCUT2D eigenvalue weighted by Gasteiger charge is 2.36. The average molecular weight is 108 g/mol. The molecule has 1 heteroatoms. The summed E-state index contributed by atoms with van der Waals surface area (Å²) in [5.74, 6) is 1.42. The number of carbonyl (C=O) groups excluding carboxylic acids is 1. The Bertz CT molecular complexity index is 158. The topological polar surface area (TPSA) is 17.1 Å². The number of hydrogen-bond acceptors (Lipinski definition) is 1. The van der Waals surface area contributed by atoms with E-state index in [2.05, 4.69) is 6.08 Å². The van der Waals surface area contributed by atoms with Crippen molar-refractivity contribution >= 4 is 5.78 Å². The molecule has 2 aliphatic carbocycles. The highest BCUT2D eigenvalue weighted by molar-refractivity contribution is 5.95. The van der Waals surface area contributed by atoms with Gasteiger partial charge >= 0.3 is 0 Å². The van der Waals surface area contributed by atoms with E-state index in [-0.39, 0.29) is 0 Å². The molecule has 0 aliphatic heterocycles. The van der Waals surface area contributed by atoms with Crippen molar-refractivity contribution in [2.24, 2.45) is 11.8 Å². The van der Waals surface area contributed by atoms with E-state index in [0.29, 0.717) is 17.6 Å². The predicted octanol–water partition coefficient (Wildman–Crippen LogP) is 1.15. The number of carbonyl (C=O) groups is 1. The van der Waals surface area contributed by atoms with Crippen molar-refractivity contribution in [1.29, 1.82) is 0 Å². The van der Waals surface area contributed by atoms with Gasteiger partial charge < -0.3 is 0 Å². The molecule has 0 aromatic heterocycles. The smallest absolute Gasteiger partial charge is 0.159 e. The molecule has 0 amide bonds. The SMILES string of the molecule is O=C1C=C[C@@H]2CC[C@H]12. The van der Waals surface area contributed by atoms with Crippen LogP contribution in [0, 0.1) is 11.8 Å². The van der Waals surface area contributed by atoms with Crippen molar-refractivity contribution in [2.45, 2.75) is 12.8 Å². The van der Waals surface area contributed by atoms with Gasteiger partial charge in [0.25, 0.3) is 0 Å². The van der Waals surface area contributed by atoms with Crippen molar-refractivity contribution in [2.75, 3.05) is 0 Å². The summed E-state index contributed by atoms with van der Waals surface area (Å²) in [5.41, 5.74) is 0. The highest BCUT2D eigenvalue weighted by atomic mass is 16.1. The summed E-state index contributed by atoms with van der Waals surface area (Å²) in [6.45, 7) is 0. The number of rotatable bonds is 0. The Hall–Kier alpha value is -0.590. The Morgan fingerprint density at radius 2 is 2.38 bits per heavy atom. The van der Waals surface area contributed by atoms with Crippen LogP contribution in [0.2, 0.25) is 0 Å². The van der Waals surface area contributed by atoms with Crippen molar-refractivity contribution < 1.29 is 4.79 Å². The third-order valence-corrected chi connectivity index (χ3v) is 2.20. The minimum atomic E-state index is 0.362. The number of ketones is 1. The molecule has 2 atom stereocenters. The standard InChI is InChI=1S/C7H8O/c8-7-4-2-5-1-3-6(5)7/h2,4-6H,1,3H2/t5-,6-/m0/s1. The van der Waals surface area contributed by atoms with Gasteiger partial charge in [-0.2, -0.15) is 0 Å². The van der Waals surface area contributed by atoms with Crippen molar-refractivity contribution in [3.63, 3.8) is 0 Å². The van der Waals surface area contributed by atoms with Gasteiger partial charge in [-0.1, -0.05) is 6.08 Å². The Balaban J connectivity index is 2.25. The van der Waals surface area contributed by atoms with E-state index < -0.39 is 0 Å². The predicted molar refractivity (Wildman–Crippen MR) is 30.4 cm³/mol. The lowest BCUT2D eigenvalue weighted by atomic mass is 9.76. The van der Waals surface area contributed by atoms with Gasteiger partial charge in [0, 0.05) is 5.92 Å². The molecule has 0 radical (unpaired) electrons.